The summed E-state index contributed by atoms with van der Waals surface area (Å²) in [5.74, 6) is 11.2. The molecule has 0 aliphatic rings. The Hall–Kier alpha value is -2.51. The van der Waals surface area contributed by atoms with E-state index in [4.69, 9.17) is 0 Å². The van der Waals surface area contributed by atoms with Crippen molar-refractivity contribution in [1.82, 2.24) is 0 Å². The molecule has 0 aromatic heterocycles. The van der Waals surface area contributed by atoms with Crippen LogP contribution in [0, 0.1) is 29.5 Å². The van der Waals surface area contributed by atoms with Gasteiger partial charge in [0, 0.05) is 11.1 Å². The van der Waals surface area contributed by atoms with E-state index in [0.717, 1.165) is 12.0 Å². The van der Waals surface area contributed by atoms with Crippen molar-refractivity contribution in [3.05, 3.63) is 70.5 Å². The number of benzene rings is 2. The predicted octanol–water partition coefficient (Wildman–Crippen LogP) is 4.94. The maximum Gasteiger partial charge on any atom is 0.140 e. The summed E-state index contributed by atoms with van der Waals surface area (Å²) < 4.78 is 13.8. The lowest BCUT2D eigenvalue weighted by Gasteiger charge is -1.99. The van der Waals surface area contributed by atoms with Gasteiger partial charge in [-0.15, -0.1) is 5.92 Å². The van der Waals surface area contributed by atoms with Crippen molar-refractivity contribution in [2.45, 2.75) is 33.1 Å². The van der Waals surface area contributed by atoms with E-state index in [1.54, 1.807) is 19.1 Å². The second-order valence-electron chi connectivity index (χ2n) is 5.12. The van der Waals surface area contributed by atoms with E-state index in [-0.39, 0.29) is 5.82 Å². The number of unbranched alkanes of at least 4 members (excludes halogenated alkanes) is 1. The molecule has 0 bridgehead atoms. The van der Waals surface area contributed by atoms with Crippen molar-refractivity contribution in [2.75, 3.05) is 0 Å². The van der Waals surface area contributed by atoms with Crippen molar-refractivity contribution >= 4 is 0 Å². The topological polar surface area (TPSA) is 0 Å². The van der Waals surface area contributed by atoms with Gasteiger partial charge in [0.25, 0.3) is 0 Å². The van der Waals surface area contributed by atoms with Crippen LogP contribution in [0.2, 0.25) is 0 Å². The molecule has 0 saturated heterocycles. The molecule has 0 spiro atoms. The van der Waals surface area contributed by atoms with Crippen LogP contribution in [-0.4, -0.2) is 0 Å². The Morgan fingerprint density at radius 2 is 1.59 bits per heavy atom. The van der Waals surface area contributed by atoms with Gasteiger partial charge in [0.1, 0.15) is 5.82 Å². The molecule has 0 heterocycles. The van der Waals surface area contributed by atoms with Gasteiger partial charge in [0.2, 0.25) is 0 Å². The molecule has 22 heavy (non-hydrogen) atoms. The molecule has 2 rings (SSSR count). The van der Waals surface area contributed by atoms with Gasteiger partial charge >= 0.3 is 0 Å². The summed E-state index contributed by atoms with van der Waals surface area (Å²) in [5.41, 5.74) is 3.35. The van der Waals surface area contributed by atoms with Crippen LogP contribution >= 0.6 is 0 Å². The summed E-state index contributed by atoms with van der Waals surface area (Å²) in [6, 6.07) is 13.2. The van der Waals surface area contributed by atoms with E-state index in [1.807, 2.05) is 12.1 Å². The predicted molar refractivity (Wildman–Crippen MR) is 90.0 cm³/mol. The monoisotopic (exact) mass is 290 g/mol. The van der Waals surface area contributed by atoms with Gasteiger partial charge < -0.3 is 0 Å². The fraction of sp³-hybridized carbons (Fsp3) is 0.238. The van der Waals surface area contributed by atoms with Crippen LogP contribution in [0.1, 0.15) is 48.9 Å². The Bertz CT molecular complexity index is 746. The normalized spacial score (nSPS) is 9.41. The molecule has 0 saturated carbocycles. The highest BCUT2D eigenvalue weighted by atomic mass is 19.1. The molecular weight excluding hydrogens is 271 g/mol. The van der Waals surface area contributed by atoms with Gasteiger partial charge in [-0.25, -0.2) is 4.39 Å². The standard InChI is InChI=1S/C21H19F/c1-3-5-7-17-8-10-18(11-9-17)12-13-19-14-15-20(6-4-2)21(22)16-19/h8-11,14-16H,3,5,7H2,1-2H3. The van der Waals surface area contributed by atoms with Crippen molar-refractivity contribution in [1.29, 1.82) is 0 Å². The maximum absolute atomic E-state index is 13.8. The van der Waals surface area contributed by atoms with Crippen molar-refractivity contribution in [2.24, 2.45) is 0 Å². The minimum absolute atomic E-state index is 0.323. The van der Waals surface area contributed by atoms with Gasteiger partial charge in [-0.3, -0.25) is 0 Å². The zero-order chi connectivity index (χ0) is 15.8. The molecule has 2 aromatic carbocycles. The molecule has 0 amide bonds. The molecule has 0 aliphatic heterocycles. The fourth-order valence-corrected chi connectivity index (χ4v) is 2.11. The Morgan fingerprint density at radius 3 is 2.23 bits per heavy atom. The molecule has 1 heteroatoms. The minimum atomic E-state index is -0.323. The zero-order valence-electron chi connectivity index (χ0n) is 13.0. The molecule has 0 atom stereocenters. The first-order chi connectivity index (χ1) is 10.7. The summed E-state index contributed by atoms with van der Waals surface area (Å²) in [5, 5.41) is 0. The smallest absolute Gasteiger partial charge is 0.140 e. The lowest BCUT2D eigenvalue weighted by atomic mass is 10.1. The highest BCUT2D eigenvalue weighted by Crippen LogP contribution is 2.10. The quantitative estimate of drug-likeness (QED) is 0.702. The van der Waals surface area contributed by atoms with Gasteiger partial charge in [-0.05, 0) is 55.7 Å². The third-order valence-electron chi connectivity index (χ3n) is 3.35. The molecule has 0 unspecified atom stereocenters. The fourth-order valence-electron chi connectivity index (χ4n) is 2.11. The van der Waals surface area contributed by atoms with Crippen molar-refractivity contribution in [3.8, 4) is 23.7 Å². The van der Waals surface area contributed by atoms with Gasteiger partial charge in [0.15, 0.2) is 0 Å². The van der Waals surface area contributed by atoms with E-state index >= 15 is 0 Å². The molecule has 110 valence electrons. The van der Waals surface area contributed by atoms with Crippen LogP contribution in [0.4, 0.5) is 4.39 Å². The first-order valence-electron chi connectivity index (χ1n) is 7.56. The molecule has 2 aromatic rings. The average Bonchev–Trinajstić information content (AvgIpc) is 2.54. The first-order valence-corrected chi connectivity index (χ1v) is 7.56. The number of hydrogen-bond donors (Lipinski definition) is 0. The van der Waals surface area contributed by atoms with Crippen LogP contribution in [0.15, 0.2) is 42.5 Å². The SMILES string of the molecule is CC#Cc1ccc(C#Cc2ccc(CCCC)cc2)cc1F. The van der Waals surface area contributed by atoms with Crippen molar-refractivity contribution in [3.63, 3.8) is 0 Å². The highest BCUT2D eigenvalue weighted by Gasteiger charge is 1.99. The van der Waals surface area contributed by atoms with Gasteiger partial charge in [-0.1, -0.05) is 43.2 Å². The average molecular weight is 290 g/mol. The van der Waals surface area contributed by atoms with Crippen LogP contribution in [0.25, 0.3) is 0 Å². The molecule has 0 fully saturated rings. The summed E-state index contributed by atoms with van der Waals surface area (Å²) in [6.07, 6.45) is 3.51. The number of rotatable bonds is 3. The summed E-state index contributed by atoms with van der Waals surface area (Å²) in [6.45, 7) is 3.88. The van der Waals surface area contributed by atoms with E-state index in [9.17, 15) is 4.39 Å². The minimum Gasteiger partial charge on any atom is -0.206 e. The number of hydrogen-bond acceptors (Lipinski definition) is 0. The Morgan fingerprint density at radius 1 is 0.909 bits per heavy atom. The second-order valence-corrected chi connectivity index (χ2v) is 5.12. The number of aryl methyl sites for hydroxylation is 1. The lowest BCUT2D eigenvalue weighted by Crippen LogP contribution is -1.86. The van der Waals surface area contributed by atoms with E-state index < -0.39 is 0 Å². The zero-order valence-corrected chi connectivity index (χ0v) is 13.0. The van der Waals surface area contributed by atoms with E-state index in [2.05, 4.69) is 42.7 Å². The van der Waals surface area contributed by atoms with Crippen LogP contribution < -0.4 is 0 Å². The maximum atomic E-state index is 13.8. The summed E-state index contributed by atoms with van der Waals surface area (Å²) >= 11 is 0. The Labute approximate surface area is 132 Å². The van der Waals surface area contributed by atoms with E-state index in [0.29, 0.717) is 11.1 Å². The molecule has 0 radical (unpaired) electrons. The summed E-state index contributed by atoms with van der Waals surface area (Å²) in [4.78, 5) is 0. The second kappa shape index (κ2) is 8.06. The molecule has 0 aliphatic carbocycles. The highest BCUT2D eigenvalue weighted by molar-refractivity contribution is 5.46. The van der Waals surface area contributed by atoms with Crippen molar-refractivity contribution < 1.29 is 4.39 Å². The molecule has 0 N–H and O–H groups in total. The van der Waals surface area contributed by atoms with Crippen LogP contribution in [0.5, 0.6) is 0 Å². The Kier molecular flexibility index (Phi) is 5.81. The van der Waals surface area contributed by atoms with E-state index in [1.165, 1.54) is 24.5 Å². The first kappa shape index (κ1) is 15.9. The number of halogens is 1. The third kappa shape index (κ3) is 4.51. The largest absolute Gasteiger partial charge is 0.206 e. The Balaban J connectivity index is 2.12. The lowest BCUT2D eigenvalue weighted by molar-refractivity contribution is 0.624. The van der Waals surface area contributed by atoms with Crippen LogP contribution in [-0.2, 0) is 6.42 Å². The third-order valence-corrected chi connectivity index (χ3v) is 3.35. The van der Waals surface area contributed by atoms with Crippen LogP contribution in [0.3, 0.4) is 0 Å². The van der Waals surface area contributed by atoms with Gasteiger partial charge in [-0.2, -0.15) is 0 Å². The molecule has 0 nitrogen and oxygen atoms in total. The molecular formula is C21H19F. The van der Waals surface area contributed by atoms with Gasteiger partial charge in [0.05, 0.1) is 5.56 Å². The summed E-state index contributed by atoms with van der Waals surface area (Å²) in [7, 11) is 0.